The Morgan fingerprint density at radius 2 is 2.03 bits per heavy atom. The summed E-state index contributed by atoms with van der Waals surface area (Å²) in [7, 11) is 0. The van der Waals surface area contributed by atoms with Crippen LogP contribution in [0.25, 0.3) is 0 Å². The number of carbonyl (C=O) groups excluding carboxylic acids is 3. The number of ether oxygens (including phenoxy) is 2. The van der Waals surface area contributed by atoms with E-state index >= 15 is 0 Å². The van der Waals surface area contributed by atoms with E-state index in [4.69, 9.17) is 9.47 Å². The van der Waals surface area contributed by atoms with Crippen molar-refractivity contribution in [3.05, 3.63) is 46.9 Å². The number of Topliss-reactive ketones (excluding diaryl/α,β-unsaturated/α-hetero) is 1. The number of cyclic esters (lactones) is 1. The van der Waals surface area contributed by atoms with E-state index < -0.39 is 6.09 Å². The number of likely N-dealkylation sites (N-methyl/N-ethyl adjacent to an activating group) is 1. The molecule has 1 aromatic heterocycles. The number of ketones is 1. The van der Waals surface area contributed by atoms with Gasteiger partial charge in [-0.3, -0.25) is 14.5 Å². The van der Waals surface area contributed by atoms with Crippen molar-refractivity contribution in [2.24, 2.45) is 0 Å². The fourth-order valence-electron chi connectivity index (χ4n) is 4.83. The Morgan fingerprint density at radius 1 is 1.17 bits per heavy atom. The number of carbonyl (C=O) groups is 3. The molecule has 1 aromatic carbocycles. The average Bonchev–Trinajstić information content (AvgIpc) is 3.37. The summed E-state index contributed by atoms with van der Waals surface area (Å²) in [4.78, 5) is 43.8. The monoisotopic (exact) mass is 482 g/mol. The number of halogens is 1. The summed E-state index contributed by atoms with van der Waals surface area (Å²) in [5.74, 6) is 0.626. The first-order valence-corrected chi connectivity index (χ1v) is 11.9. The van der Waals surface area contributed by atoms with E-state index in [0.717, 1.165) is 12.0 Å². The molecule has 3 aliphatic rings. The molecule has 35 heavy (non-hydrogen) atoms. The summed E-state index contributed by atoms with van der Waals surface area (Å²) < 4.78 is 25.4. The standard InChI is InChI=1S/C25H27FN4O5/c1-2-29-23(32)10-15-5-6-19(26)18(24(15)29)12-27-9-3-4-17-13-30(25(33)35-17)22-8-7-21-20(28-22)11-16(31)14-34-21/h5-8,17,27H,2-4,9-14H2,1H3. The van der Waals surface area contributed by atoms with E-state index in [1.54, 1.807) is 23.1 Å². The summed E-state index contributed by atoms with van der Waals surface area (Å²) in [5, 5.41) is 3.26. The second-order valence-electron chi connectivity index (χ2n) is 8.90. The van der Waals surface area contributed by atoms with E-state index in [9.17, 15) is 18.8 Å². The molecule has 1 unspecified atom stereocenters. The van der Waals surface area contributed by atoms with Gasteiger partial charge in [-0.25, -0.2) is 14.2 Å². The van der Waals surface area contributed by atoms with Crippen LogP contribution in [-0.2, 0) is 33.7 Å². The van der Waals surface area contributed by atoms with Crippen molar-refractivity contribution in [3.8, 4) is 5.75 Å². The van der Waals surface area contributed by atoms with Crippen LogP contribution in [0, 0.1) is 5.82 Å². The predicted octanol–water partition coefficient (Wildman–Crippen LogP) is 2.53. The lowest BCUT2D eigenvalue weighted by atomic mass is 10.1. The van der Waals surface area contributed by atoms with Crippen molar-refractivity contribution in [2.45, 2.75) is 45.3 Å². The summed E-state index contributed by atoms with van der Waals surface area (Å²) in [6.45, 7) is 3.73. The van der Waals surface area contributed by atoms with Crippen molar-refractivity contribution >= 4 is 29.3 Å². The van der Waals surface area contributed by atoms with Crippen LogP contribution in [0.2, 0.25) is 0 Å². The molecule has 2 aromatic rings. The lowest BCUT2D eigenvalue weighted by Crippen LogP contribution is -2.28. The molecule has 1 saturated heterocycles. The Kier molecular flexibility index (Phi) is 6.38. The third-order valence-corrected chi connectivity index (χ3v) is 6.54. The van der Waals surface area contributed by atoms with Crippen LogP contribution in [0.3, 0.4) is 0 Å². The highest BCUT2D eigenvalue weighted by atomic mass is 19.1. The number of nitrogens with one attached hydrogen (secondary N) is 1. The third kappa shape index (κ3) is 4.58. The van der Waals surface area contributed by atoms with Gasteiger partial charge in [-0.1, -0.05) is 6.07 Å². The molecule has 0 saturated carbocycles. The minimum Gasteiger partial charge on any atom is -0.484 e. The van der Waals surface area contributed by atoms with Gasteiger partial charge < -0.3 is 19.7 Å². The molecule has 0 bridgehead atoms. The van der Waals surface area contributed by atoms with Crippen molar-refractivity contribution in [2.75, 3.05) is 36.0 Å². The predicted molar refractivity (Wildman–Crippen MR) is 125 cm³/mol. The first-order chi connectivity index (χ1) is 16.9. The number of amides is 2. The largest absolute Gasteiger partial charge is 0.484 e. The molecule has 9 nitrogen and oxygen atoms in total. The molecule has 3 aliphatic heterocycles. The highest BCUT2D eigenvalue weighted by Gasteiger charge is 2.34. The first kappa shape index (κ1) is 23.2. The number of hydrogen-bond acceptors (Lipinski definition) is 7. The topological polar surface area (TPSA) is 101 Å². The van der Waals surface area contributed by atoms with Crippen LogP contribution in [-0.4, -0.2) is 55.1 Å². The maximum absolute atomic E-state index is 14.5. The van der Waals surface area contributed by atoms with Crippen LogP contribution in [0.15, 0.2) is 24.3 Å². The van der Waals surface area contributed by atoms with Crippen LogP contribution >= 0.6 is 0 Å². The molecular formula is C25H27FN4O5. The fraction of sp³-hybridized carbons (Fsp3) is 0.440. The Balaban J connectivity index is 1.13. The molecule has 1 fully saturated rings. The highest BCUT2D eigenvalue weighted by molar-refractivity contribution is 6.02. The van der Waals surface area contributed by atoms with Gasteiger partial charge in [0.25, 0.3) is 0 Å². The number of pyridine rings is 1. The molecule has 0 spiro atoms. The van der Waals surface area contributed by atoms with Crippen molar-refractivity contribution in [1.82, 2.24) is 10.3 Å². The quantitative estimate of drug-likeness (QED) is 0.577. The molecular weight excluding hydrogens is 455 g/mol. The molecule has 184 valence electrons. The fourth-order valence-corrected chi connectivity index (χ4v) is 4.83. The number of anilines is 2. The maximum atomic E-state index is 14.5. The van der Waals surface area contributed by atoms with Crippen LogP contribution in [0.1, 0.15) is 36.6 Å². The van der Waals surface area contributed by atoms with Crippen molar-refractivity contribution < 1.29 is 28.2 Å². The molecule has 0 aliphatic carbocycles. The summed E-state index contributed by atoms with van der Waals surface area (Å²) in [5.41, 5.74) is 2.59. The molecule has 10 heteroatoms. The van der Waals surface area contributed by atoms with Crippen LogP contribution in [0.4, 0.5) is 20.7 Å². The van der Waals surface area contributed by atoms with Crippen LogP contribution < -0.4 is 19.9 Å². The number of rotatable bonds is 8. The summed E-state index contributed by atoms with van der Waals surface area (Å²) in [6, 6.07) is 6.52. The van der Waals surface area contributed by atoms with Gasteiger partial charge in [-0.05, 0) is 50.1 Å². The molecule has 0 radical (unpaired) electrons. The number of aromatic nitrogens is 1. The van der Waals surface area contributed by atoms with E-state index in [1.165, 1.54) is 11.0 Å². The first-order valence-electron chi connectivity index (χ1n) is 11.9. The minimum atomic E-state index is -0.468. The van der Waals surface area contributed by atoms with Gasteiger partial charge in [0.1, 0.15) is 30.1 Å². The Labute approximate surface area is 202 Å². The van der Waals surface area contributed by atoms with Gasteiger partial charge in [0.05, 0.1) is 30.8 Å². The van der Waals surface area contributed by atoms with Gasteiger partial charge >= 0.3 is 6.09 Å². The highest BCUT2D eigenvalue weighted by Crippen LogP contribution is 2.34. The average molecular weight is 483 g/mol. The number of fused-ring (bicyclic) bond motifs is 2. The Hall–Kier alpha value is -3.53. The van der Waals surface area contributed by atoms with E-state index in [2.05, 4.69) is 10.3 Å². The number of benzene rings is 1. The molecule has 1 N–H and O–H groups in total. The Bertz CT molecular complexity index is 1190. The lowest BCUT2D eigenvalue weighted by molar-refractivity contribution is -0.121. The Morgan fingerprint density at radius 3 is 2.86 bits per heavy atom. The van der Waals surface area contributed by atoms with Crippen LogP contribution in [0.5, 0.6) is 5.75 Å². The minimum absolute atomic E-state index is 0.00510. The van der Waals surface area contributed by atoms with E-state index in [-0.39, 0.29) is 36.6 Å². The zero-order valence-electron chi connectivity index (χ0n) is 19.5. The smallest absolute Gasteiger partial charge is 0.415 e. The number of nitrogens with zero attached hydrogens (tertiary/aromatic N) is 3. The van der Waals surface area contributed by atoms with Crippen molar-refractivity contribution in [3.63, 3.8) is 0 Å². The van der Waals surface area contributed by atoms with Gasteiger partial charge in [0.2, 0.25) is 5.91 Å². The molecule has 4 heterocycles. The normalized spacial score (nSPS) is 19.0. The SMILES string of the molecule is CCN1C(=O)Cc2ccc(F)c(CNCCCC3CN(c4ccc5c(n4)CC(=O)CO5)C(=O)O3)c21. The van der Waals surface area contributed by atoms with Gasteiger partial charge in [0, 0.05) is 18.7 Å². The van der Waals surface area contributed by atoms with E-state index in [0.29, 0.717) is 67.5 Å². The summed E-state index contributed by atoms with van der Waals surface area (Å²) >= 11 is 0. The molecule has 2 amide bonds. The zero-order valence-corrected chi connectivity index (χ0v) is 19.5. The molecule has 1 atom stereocenters. The van der Waals surface area contributed by atoms with Gasteiger partial charge in [-0.15, -0.1) is 0 Å². The maximum Gasteiger partial charge on any atom is 0.415 e. The lowest BCUT2D eigenvalue weighted by Gasteiger charge is -2.19. The zero-order chi connectivity index (χ0) is 24.5. The third-order valence-electron chi connectivity index (χ3n) is 6.54. The second-order valence-corrected chi connectivity index (χ2v) is 8.90. The summed E-state index contributed by atoms with van der Waals surface area (Å²) in [6.07, 6.45) is 1.10. The molecule has 5 rings (SSSR count). The van der Waals surface area contributed by atoms with Gasteiger partial charge in [-0.2, -0.15) is 0 Å². The van der Waals surface area contributed by atoms with Crippen molar-refractivity contribution in [1.29, 1.82) is 0 Å². The van der Waals surface area contributed by atoms with Gasteiger partial charge in [0.15, 0.2) is 5.78 Å². The number of hydrogen-bond donors (Lipinski definition) is 1. The second kappa shape index (κ2) is 9.61. The van der Waals surface area contributed by atoms with E-state index in [1.807, 2.05) is 6.92 Å².